The molecule has 0 saturated carbocycles. The quantitative estimate of drug-likeness (QED) is 0.783. The lowest BCUT2D eigenvalue weighted by Gasteiger charge is -2.18. The molecule has 2 nitrogen and oxygen atoms in total. The summed E-state index contributed by atoms with van der Waals surface area (Å²) < 4.78 is 0. The van der Waals surface area contributed by atoms with E-state index in [1.807, 2.05) is 0 Å². The molecule has 1 N–H and O–H groups in total. The van der Waals surface area contributed by atoms with Gasteiger partial charge >= 0.3 is 0 Å². The molecule has 1 aromatic rings. The summed E-state index contributed by atoms with van der Waals surface area (Å²) in [5.41, 5.74) is 2.65. The number of H-pyrrole nitrogens is 1. The van der Waals surface area contributed by atoms with Crippen molar-refractivity contribution in [3.05, 3.63) is 17.2 Å². The van der Waals surface area contributed by atoms with E-state index in [0.29, 0.717) is 11.8 Å². The SMILES string of the molecule is CC(C)c1nc(C(C)(C)C)c(C(C)C)[nH]1. The van der Waals surface area contributed by atoms with Gasteiger partial charge < -0.3 is 4.98 Å². The predicted molar refractivity (Wildman–Crippen MR) is 65.5 cm³/mol. The number of nitrogens with one attached hydrogen (secondary N) is 1. The smallest absolute Gasteiger partial charge is 0.109 e. The fourth-order valence-electron chi connectivity index (χ4n) is 1.67. The Morgan fingerprint density at radius 3 is 1.80 bits per heavy atom. The largest absolute Gasteiger partial charge is 0.345 e. The Balaban J connectivity index is 3.24. The highest BCUT2D eigenvalue weighted by Crippen LogP contribution is 2.30. The average Bonchev–Trinajstić information content (AvgIpc) is 2.45. The molecule has 0 aliphatic rings. The van der Waals surface area contributed by atoms with Crippen LogP contribution in [0.5, 0.6) is 0 Å². The van der Waals surface area contributed by atoms with E-state index in [4.69, 9.17) is 4.98 Å². The van der Waals surface area contributed by atoms with Crippen molar-refractivity contribution in [2.24, 2.45) is 0 Å². The molecule has 0 saturated heterocycles. The Kier molecular flexibility index (Phi) is 3.27. The Hall–Kier alpha value is -0.790. The van der Waals surface area contributed by atoms with E-state index in [1.54, 1.807) is 0 Å². The molecule has 0 atom stereocenters. The van der Waals surface area contributed by atoms with E-state index in [2.05, 4.69) is 53.5 Å². The number of rotatable bonds is 2. The number of nitrogens with zero attached hydrogens (tertiary/aromatic N) is 1. The van der Waals surface area contributed by atoms with Crippen molar-refractivity contribution < 1.29 is 0 Å². The Morgan fingerprint density at radius 1 is 1.00 bits per heavy atom. The second kappa shape index (κ2) is 3.99. The molecule has 0 bridgehead atoms. The highest BCUT2D eigenvalue weighted by Gasteiger charge is 2.24. The molecular weight excluding hydrogens is 184 g/mol. The molecule has 0 fully saturated rings. The third kappa shape index (κ3) is 2.61. The summed E-state index contributed by atoms with van der Waals surface area (Å²) in [6.45, 7) is 15.4. The number of hydrogen-bond donors (Lipinski definition) is 1. The number of imidazole rings is 1. The summed E-state index contributed by atoms with van der Waals surface area (Å²) in [4.78, 5) is 8.22. The molecule has 2 heteroatoms. The van der Waals surface area contributed by atoms with Gasteiger partial charge in [0.05, 0.1) is 5.69 Å². The van der Waals surface area contributed by atoms with Gasteiger partial charge in [0.25, 0.3) is 0 Å². The van der Waals surface area contributed by atoms with Crippen LogP contribution in [0.3, 0.4) is 0 Å². The van der Waals surface area contributed by atoms with Crippen LogP contribution in [-0.4, -0.2) is 9.97 Å². The molecule has 0 radical (unpaired) electrons. The van der Waals surface area contributed by atoms with Crippen molar-refractivity contribution in [1.29, 1.82) is 0 Å². The van der Waals surface area contributed by atoms with E-state index in [1.165, 1.54) is 11.4 Å². The van der Waals surface area contributed by atoms with Crippen molar-refractivity contribution in [2.45, 2.75) is 65.7 Å². The first-order chi connectivity index (χ1) is 6.73. The molecule has 0 aliphatic carbocycles. The lowest BCUT2D eigenvalue weighted by Crippen LogP contribution is -2.15. The van der Waals surface area contributed by atoms with Crippen molar-refractivity contribution in [3.8, 4) is 0 Å². The predicted octanol–water partition coefficient (Wildman–Crippen LogP) is 3.95. The zero-order valence-electron chi connectivity index (χ0n) is 11.1. The minimum atomic E-state index is 0.128. The molecule has 86 valence electrons. The second-order valence-corrected chi connectivity index (χ2v) is 5.94. The van der Waals surface area contributed by atoms with Crippen LogP contribution >= 0.6 is 0 Å². The minimum absolute atomic E-state index is 0.128. The molecule has 1 heterocycles. The van der Waals surface area contributed by atoms with E-state index in [-0.39, 0.29) is 5.41 Å². The van der Waals surface area contributed by atoms with Crippen LogP contribution in [0.4, 0.5) is 0 Å². The zero-order valence-corrected chi connectivity index (χ0v) is 11.1. The maximum absolute atomic E-state index is 4.75. The molecule has 1 rings (SSSR count). The van der Waals surface area contributed by atoms with Crippen LogP contribution in [0.15, 0.2) is 0 Å². The third-order valence-electron chi connectivity index (χ3n) is 2.58. The minimum Gasteiger partial charge on any atom is -0.345 e. The van der Waals surface area contributed by atoms with Gasteiger partial charge in [-0.3, -0.25) is 0 Å². The van der Waals surface area contributed by atoms with Gasteiger partial charge in [-0.15, -0.1) is 0 Å². The van der Waals surface area contributed by atoms with Crippen LogP contribution in [0.1, 0.15) is 77.5 Å². The Morgan fingerprint density at radius 2 is 1.53 bits per heavy atom. The fourth-order valence-corrected chi connectivity index (χ4v) is 1.67. The molecule has 0 aromatic carbocycles. The van der Waals surface area contributed by atoms with Gasteiger partial charge in [-0.1, -0.05) is 48.5 Å². The summed E-state index contributed by atoms with van der Waals surface area (Å²) in [7, 11) is 0. The fraction of sp³-hybridized carbons (Fsp3) is 0.769. The van der Waals surface area contributed by atoms with Crippen LogP contribution in [0, 0.1) is 0 Å². The van der Waals surface area contributed by atoms with Crippen molar-refractivity contribution in [3.63, 3.8) is 0 Å². The second-order valence-electron chi connectivity index (χ2n) is 5.94. The van der Waals surface area contributed by atoms with Crippen LogP contribution in [-0.2, 0) is 5.41 Å². The van der Waals surface area contributed by atoms with Crippen LogP contribution in [0.25, 0.3) is 0 Å². The molecule has 0 aliphatic heterocycles. The van der Waals surface area contributed by atoms with Crippen molar-refractivity contribution >= 4 is 0 Å². The lowest BCUT2D eigenvalue weighted by molar-refractivity contribution is 0.557. The van der Waals surface area contributed by atoms with Gasteiger partial charge in [-0.05, 0) is 5.92 Å². The maximum atomic E-state index is 4.75. The third-order valence-corrected chi connectivity index (χ3v) is 2.58. The zero-order chi connectivity index (χ0) is 11.8. The Bertz CT molecular complexity index is 327. The van der Waals surface area contributed by atoms with Crippen molar-refractivity contribution in [2.75, 3.05) is 0 Å². The normalized spacial score (nSPS) is 12.9. The van der Waals surface area contributed by atoms with Crippen LogP contribution < -0.4 is 0 Å². The molecule has 1 aromatic heterocycles. The van der Waals surface area contributed by atoms with Gasteiger partial charge in [-0.25, -0.2) is 4.98 Å². The van der Waals surface area contributed by atoms with Gasteiger partial charge in [0.2, 0.25) is 0 Å². The summed E-state index contributed by atoms with van der Waals surface area (Å²) >= 11 is 0. The Labute approximate surface area is 93.5 Å². The molecule has 0 amide bonds. The summed E-state index contributed by atoms with van der Waals surface area (Å²) in [5.74, 6) is 2.10. The number of aromatic amines is 1. The maximum Gasteiger partial charge on any atom is 0.109 e. The summed E-state index contributed by atoms with van der Waals surface area (Å²) in [6.07, 6.45) is 0. The molecule has 0 unspecified atom stereocenters. The number of hydrogen-bond acceptors (Lipinski definition) is 1. The van der Waals surface area contributed by atoms with Crippen molar-refractivity contribution in [1.82, 2.24) is 9.97 Å². The standard InChI is InChI=1S/C13H24N2/c1-8(2)10-11(13(5,6)7)15-12(14-10)9(3)4/h8-9H,1-7H3,(H,14,15). The number of aromatic nitrogens is 2. The summed E-state index contributed by atoms with van der Waals surface area (Å²) in [5, 5.41) is 0. The first-order valence-corrected chi connectivity index (χ1v) is 5.83. The van der Waals surface area contributed by atoms with E-state index < -0.39 is 0 Å². The average molecular weight is 208 g/mol. The topological polar surface area (TPSA) is 28.7 Å². The first kappa shape index (κ1) is 12.3. The molecular formula is C13H24N2. The van der Waals surface area contributed by atoms with Gasteiger partial charge in [-0.2, -0.15) is 0 Å². The molecule has 15 heavy (non-hydrogen) atoms. The van der Waals surface area contributed by atoms with Gasteiger partial charge in [0.1, 0.15) is 5.82 Å². The monoisotopic (exact) mass is 208 g/mol. The van der Waals surface area contributed by atoms with E-state index >= 15 is 0 Å². The summed E-state index contributed by atoms with van der Waals surface area (Å²) in [6, 6.07) is 0. The first-order valence-electron chi connectivity index (χ1n) is 5.83. The highest BCUT2D eigenvalue weighted by molar-refractivity contribution is 5.25. The lowest BCUT2D eigenvalue weighted by atomic mass is 9.88. The van der Waals surface area contributed by atoms with Crippen LogP contribution in [0.2, 0.25) is 0 Å². The van der Waals surface area contributed by atoms with E-state index in [0.717, 1.165) is 5.82 Å². The van der Waals surface area contributed by atoms with E-state index in [9.17, 15) is 0 Å². The highest BCUT2D eigenvalue weighted by atomic mass is 15.0. The van der Waals surface area contributed by atoms with Gasteiger partial charge in [0.15, 0.2) is 0 Å². The molecule has 0 spiro atoms. The van der Waals surface area contributed by atoms with Gasteiger partial charge in [0, 0.05) is 17.0 Å².